The Labute approximate surface area is 156 Å². The minimum atomic E-state index is -0.388. The third-order valence-corrected chi connectivity index (χ3v) is 5.07. The number of carbonyl (C=O) groups excluding carboxylic acids is 1. The van der Waals surface area contributed by atoms with Crippen LogP contribution < -0.4 is 5.32 Å². The molecule has 0 atom stereocenters. The zero-order valence-electron chi connectivity index (χ0n) is 13.2. The number of thiophene rings is 1. The van der Waals surface area contributed by atoms with Gasteiger partial charge in [-0.25, -0.2) is 4.98 Å². The van der Waals surface area contributed by atoms with Gasteiger partial charge in [0.1, 0.15) is 11.2 Å². The van der Waals surface area contributed by atoms with Gasteiger partial charge in [0.15, 0.2) is 11.3 Å². The Bertz CT molecular complexity index is 1120. The van der Waals surface area contributed by atoms with E-state index in [0.717, 1.165) is 16.0 Å². The quantitative estimate of drug-likeness (QED) is 0.566. The van der Waals surface area contributed by atoms with Crippen LogP contribution in [0.3, 0.4) is 0 Å². The molecule has 4 heterocycles. The van der Waals surface area contributed by atoms with Gasteiger partial charge in [0.05, 0.1) is 18.3 Å². The van der Waals surface area contributed by atoms with Gasteiger partial charge in [0.2, 0.25) is 0 Å². The van der Waals surface area contributed by atoms with Crippen LogP contribution in [0, 0.1) is 11.3 Å². The van der Waals surface area contributed by atoms with E-state index < -0.39 is 0 Å². The summed E-state index contributed by atoms with van der Waals surface area (Å²) >= 11 is 7.93. The Morgan fingerprint density at radius 2 is 2.35 bits per heavy atom. The average Bonchev–Trinajstić information content (AvgIpc) is 3.40. The van der Waals surface area contributed by atoms with Crippen molar-refractivity contribution in [2.75, 3.05) is 0 Å². The number of pyridine rings is 1. The number of fused-ring (bicyclic) bond motifs is 1. The molecule has 0 spiro atoms. The van der Waals surface area contributed by atoms with Crippen LogP contribution in [0.2, 0.25) is 5.15 Å². The zero-order valence-corrected chi connectivity index (χ0v) is 14.8. The van der Waals surface area contributed by atoms with Crippen molar-refractivity contribution < 1.29 is 4.79 Å². The highest BCUT2D eigenvalue weighted by Crippen LogP contribution is 2.26. The van der Waals surface area contributed by atoms with Gasteiger partial charge in [-0.15, -0.1) is 11.3 Å². The van der Waals surface area contributed by atoms with E-state index in [1.807, 2.05) is 17.5 Å². The molecule has 4 aromatic heterocycles. The summed E-state index contributed by atoms with van der Waals surface area (Å²) in [4.78, 5) is 17.8. The summed E-state index contributed by atoms with van der Waals surface area (Å²) in [6.45, 7) is 0.395. The second-order valence-electron chi connectivity index (χ2n) is 5.45. The number of H-pyrrole nitrogens is 1. The number of nitrogens with zero attached hydrogens (tertiary/aromatic N) is 4. The number of nitriles is 1. The van der Waals surface area contributed by atoms with Crippen molar-refractivity contribution in [2.45, 2.75) is 6.54 Å². The predicted octanol–water partition coefficient (Wildman–Crippen LogP) is 3.24. The summed E-state index contributed by atoms with van der Waals surface area (Å²) in [7, 11) is 0. The summed E-state index contributed by atoms with van der Waals surface area (Å²) < 4.78 is 1.54. The van der Waals surface area contributed by atoms with Gasteiger partial charge >= 0.3 is 0 Å². The molecular formula is C17H11ClN6OS. The van der Waals surface area contributed by atoms with Crippen LogP contribution >= 0.6 is 22.9 Å². The molecule has 2 N–H and O–H groups in total. The number of aromatic amines is 1. The predicted molar refractivity (Wildman–Crippen MR) is 98.0 cm³/mol. The normalized spacial score (nSPS) is 10.8. The van der Waals surface area contributed by atoms with Gasteiger partial charge in [-0.1, -0.05) is 17.7 Å². The molecule has 0 aromatic carbocycles. The SMILES string of the molecule is N#Cc1cc(-c2cn[nH]c2)cn2c(Cl)c(C(=O)NCc3cccs3)nc12. The molecule has 4 rings (SSSR count). The van der Waals surface area contributed by atoms with E-state index >= 15 is 0 Å². The third-order valence-electron chi connectivity index (χ3n) is 3.83. The van der Waals surface area contributed by atoms with E-state index in [4.69, 9.17) is 11.6 Å². The van der Waals surface area contributed by atoms with Gasteiger partial charge in [-0.2, -0.15) is 10.4 Å². The van der Waals surface area contributed by atoms with Gasteiger partial charge in [-0.3, -0.25) is 14.3 Å². The van der Waals surface area contributed by atoms with Crippen molar-refractivity contribution in [1.82, 2.24) is 24.9 Å². The molecule has 0 bridgehead atoms. The van der Waals surface area contributed by atoms with Crippen LogP contribution in [0.15, 0.2) is 42.2 Å². The highest BCUT2D eigenvalue weighted by atomic mass is 35.5. The molecule has 0 aliphatic rings. The maximum Gasteiger partial charge on any atom is 0.273 e. The van der Waals surface area contributed by atoms with Crippen molar-refractivity contribution >= 4 is 34.5 Å². The minimum Gasteiger partial charge on any atom is -0.346 e. The van der Waals surface area contributed by atoms with Crippen LogP contribution in [-0.4, -0.2) is 25.5 Å². The molecule has 0 saturated carbocycles. The van der Waals surface area contributed by atoms with E-state index in [9.17, 15) is 10.1 Å². The summed E-state index contributed by atoms with van der Waals surface area (Å²) in [5, 5.41) is 21.0. The Morgan fingerprint density at radius 1 is 1.46 bits per heavy atom. The molecule has 0 fully saturated rings. The zero-order chi connectivity index (χ0) is 18.1. The van der Waals surface area contributed by atoms with Gasteiger partial charge < -0.3 is 5.32 Å². The van der Waals surface area contributed by atoms with Crippen LogP contribution in [0.4, 0.5) is 0 Å². The minimum absolute atomic E-state index is 0.0871. The lowest BCUT2D eigenvalue weighted by molar-refractivity contribution is 0.0947. The fourth-order valence-corrected chi connectivity index (χ4v) is 3.48. The molecule has 26 heavy (non-hydrogen) atoms. The Kier molecular flexibility index (Phi) is 4.16. The highest BCUT2D eigenvalue weighted by molar-refractivity contribution is 7.09. The maximum atomic E-state index is 12.5. The lowest BCUT2D eigenvalue weighted by Gasteiger charge is -2.03. The van der Waals surface area contributed by atoms with Crippen molar-refractivity contribution in [3.05, 3.63) is 63.5 Å². The first-order chi connectivity index (χ1) is 12.7. The monoisotopic (exact) mass is 382 g/mol. The van der Waals surface area contributed by atoms with E-state index in [1.54, 1.807) is 40.4 Å². The van der Waals surface area contributed by atoms with Crippen LogP contribution in [-0.2, 0) is 6.54 Å². The topological polar surface area (TPSA) is 98.9 Å². The summed E-state index contributed by atoms with van der Waals surface area (Å²) in [6, 6.07) is 7.64. The standard InChI is InChI=1S/C17H11ClN6OS/c18-15-14(17(25)20-8-13-2-1-3-26-13)23-16-10(5-19)4-11(9-24(15)16)12-6-21-22-7-12/h1-4,6-7,9H,8H2,(H,20,25)(H,21,22). The Balaban J connectivity index is 1.74. The highest BCUT2D eigenvalue weighted by Gasteiger charge is 2.20. The summed E-state index contributed by atoms with van der Waals surface area (Å²) in [5.41, 5.74) is 2.29. The first-order valence-electron chi connectivity index (χ1n) is 7.59. The summed E-state index contributed by atoms with van der Waals surface area (Å²) in [6.07, 6.45) is 5.08. The number of hydrogen-bond donors (Lipinski definition) is 2. The van der Waals surface area contributed by atoms with Crippen LogP contribution in [0.1, 0.15) is 20.9 Å². The molecule has 0 aliphatic heterocycles. The molecule has 0 aliphatic carbocycles. The number of carbonyl (C=O) groups is 1. The van der Waals surface area contributed by atoms with Gasteiger partial charge in [0.25, 0.3) is 5.91 Å². The molecule has 128 valence electrons. The molecule has 1 amide bonds. The molecule has 0 saturated heterocycles. The first kappa shape index (κ1) is 16.3. The fraction of sp³-hybridized carbons (Fsp3) is 0.0588. The number of nitrogens with one attached hydrogen (secondary N) is 2. The molecule has 7 nitrogen and oxygen atoms in total. The number of aromatic nitrogens is 4. The first-order valence-corrected chi connectivity index (χ1v) is 8.84. The van der Waals surface area contributed by atoms with E-state index in [1.165, 1.54) is 0 Å². The van der Waals surface area contributed by atoms with E-state index in [2.05, 4.69) is 26.6 Å². The lowest BCUT2D eigenvalue weighted by Crippen LogP contribution is -2.23. The van der Waals surface area contributed by atoms with Crippen LogP contribution in [0.25, 0.3) is 16.8 Å². The van der Waals surface area contributed by atoms with E-state index in [0.29, 0.717) is 17.8 Å². The third kappa shape index (κ3) is 2.83. The van der Waals surface area contributed by atoms with Crippen molar-refractivity contribution in [3.8, 4) is 17.2 Å². The average molecular weight is 383 g/mol. The van der Waals surface area contributed by atoms with E-state index in [-0.39, 0.29) is 16.8 Å². The fourth-order valence-electron chi connectivity index (χ4n) is 2.57. The lowest BCUT2D eigenvalue weighted by atomic mass is 10.1. The smallest absolute Gasteiger partial charge is 0.273 e. The number of hydrogen-bond acceptors (Lipinski definition) is 5. The number of amides is 1. The molecular weight excluding hydrogens is 372 g/mol. The largest absolute Gasteiger partial charge is 0.346 e. The van der Waals surface area contributed by atoms with Gasteiger partial charge in [-0.05, 0) is 17.5 Å². The van der Waals surface area contributed by atoms with Crippen molar-refractivity contribution in [3.63, 3.8) is 0 Å². The van der Waals surface area contributed by atoms with Crippen molar-refractivity contribution in [2.24, 2.45) is 0 Å². The second kappa shape index (κ2) is 6.63. The Morgan fingerprint density at radius 3 is 3.04 bits per heavy atom. The molecule has 0 radical (unpaired) electrons. The van der Waals surface area contributed by atoms with Gasteiger partial charge in [0, 0.05) is 28.4 Å². The number of imidazole rings is 1. The Hall–Kier alpha value is -3.15. The number of halogens is 1. The molecule has 0 unspecified atom stereocenters. The number of rotatable bonds is 4. The second-order valence-corrected chi connectivity index (χ2v) is 6.84. The maximum absolute atomic E-state index is 12.5. The molecule has 9 heteroatoms. The summed E-state index contributed by atoms with van der Waals surface area (Å²) in [5.74, 6) is -0.388. The van der Waals surface area contributed by atoms with Crippen molar-refractivity contribution in [1.29, 1.82) is 5.26 Å². The van der Waals surface area contributed by atoms with Crippen LogP contribution in [0.5, 0.6) is 0 Å². The molecule has 4 aromatic rings.